The van der Waals surface area contributed by atoms with Gasteiger partial charge in [-0.05, 0) is 18.2 Å². The number of carbonyl (C=O) groups excluding carboxylic acids is 1. The van der Waals surface area contributed by atoms with Crippen LogP contribution in [0.5, 0.6) is 0 Å². The lowest BCUT2D eigenvalue weighted by atomic mass is 10.1. The maximum absolute atomic E-state index is 13.0. The number of nitrogens with one attached hydrogen (secondary N) is 1. The highest BCUT2D eigenvalue weighted by atomic mass is 19.1. The molecule has 1 aliphatic rings. The van der Waals surface area contributed by atoms with Gasteiger partial charge in [-0.2, -0.15) is 0 Å². The Morgan fingerprint density at radius 1 is 1.39 bits per heavy atom. The van der Waals surface area contributed by atoms with Crippen LogP contribution in [0, 0.1) is 5.82 Å². The van der Waals surface area contributed by atoms with Gasteiger partial charge in [0.05, 0.1) is 5.69 Å². The van der Waals surface area contributed by atoms with Gasteiger partial charge in [-0.15, -0.1) is 0 Å². The fourth-order valence-electron chi connectivity index (χ4n) is 2.06. The van der Waals surface area contributed by atoms with Crippen LogP contribution in [0.25, 0.3) is 0 Å². The lowest BCUT2D eigenvalue weighted by Crippen LogP contribution is -2.44. The molecule has 1 saturated heterocycles. The van der Waals surface area contributed by atoms with Crippen LogP contribution in [0.1, 0.15) is 16.8 Å². The van der Waals surface area contributed by atoms with Crippen LogP contribution in [0.3, 0.4) is 0 Å². The van der Waals surface area contributed by atoms with Crippen molar-refractivity contribution in [2.75, 3.05) is 38.5 Å². The van der Waals surface area contributed by atoms with E-state index in [9.17, 15) is 9.18 Å². The van der Waals surface area contributed by atoms with Gasteiger partial charge in [0.25, 0.3) is 0 Å². The molecular formula is C13H18FN3O. The molecule has 5 heteroatoms. The van der Waals surface area contributed by atoms with Gasteiger partial charge in [0.1, 0.15) is 5.82 Å². The Hall–Kier alpha value is -1.46. The lowest BCUT2D eigenvalue weighted by molar-refractivity contribution is 0.0960. The van der Waals surface area contributed by atoms with Gasteiger partial charge in [-0.1, -0.05) is 0 Å². The number of nitrogens with zero attached hydrogens (tertiary/aromatic N) is 1. The number of anilines is 1. The van der Waals surface area contributed by atoms with Gasteiger partial charge in [0.2, 0.25) is 0 Å². The number of rotatable bonds is 4. The molecule has 3 N–H and O–H groups in total. The number of benzene rings is 1. The number of hydrogen-bond donors (Lipinski definition) is 2. The highest BCUT2D eigenvalue weighted by Crippen LogP contribution is 2.14. The monoisotopic (exact) mass is 251 g/mol. The van der Waals surface area contributed by atoms with Gasteiger partial charge in [-0.3, -0.25) is 4.79 Å². The molecule has 4 nitrogen and oxygen atoms in total. The largest absolute Gasteiger partial charge is 0.396 e. The second kappa shape index (κ2) is 5.93. The van der Waals surface area contributed by atoms with E-state index >= 15 is 0 Å². The van der Waals surface area contributed by atoms with Crippen LogP contribution in [-0.2, 0) is 0 Å². The molecule has 1 aromatic carbocycles. The van der Waals surface area contributed by atoms with Crippen LogP contribution < -0.4 is 11.1 Å². The van der Waals surface area contributed by atoms with Crippen LogP contribution in [0.4, 0.5) is 10.1 Å². The summed E-state index contributed by atoms with van der Waals surface area (Å²) in [5.41, 5.74) is 5.97. The van der Waals surface area contributed by atoms with Crippen molar-refractivity contribution in [3.8, 4) is 0 Å². The van der Waals surface area contributed by atoms with Crippen molar-refractivity contribution in [1.29, 1.82) is 0 Å². The Kier molecular flexibility index (Phi) is 4.28. The molecule has 1 aromatic rings. The first-order chi connectivity index (χ1) is 8.66. The smallest absolute Gasteiger partial charge is 0.164 e. The maximum Gasteiger partial charge on any atom is 0.164 e. The van der Waals surface area contributed by atoms with Crippen molar-refractivity contribution in [2.24, 2.45) is 0 Å². The second-order valence-electron chi connectivity index (χ2n) is 4.50. The minimum absolute atomic E-state index is 0.0141. The number of nitrogens with two attached hydrogens (primary N) is 1. The van der Waals surface area contributed by atoms with Crippen molar-refractivity contribution in [3.05, 3.63) is 29.6 Å². The predicted molar refractivity (Wildman–Crippen MR) is 69.1 cm³/mol. The molecule has 0 saturated carbocycles. The average molecular weight is 251 g/mol. The fourth-order valence-corrected chi connectivity index (χ4v) is 2.06. The number of carbonyl (C=O) groups is 1. The van der Waals surface area contributed by atoms with Crippen molar-refractivity contribution >= 4 is 11.5 Å². The van der Waals surface area contributed by atoms with E-state index in [-0.39, 0.29) is 11.5 Å². The van der Waals surface area contributed by atoms with Crippen molar-refractivity contribution in [2.45, 2.75) is 6.42 Å². The van der Waals surface area contributed by atoms with E-state index in [1.165, 1.54) is 18.2 Å². The molecule has 0 unspecified atom stereocenters. The van der Waals surface area contributed by atoms with E-state index in [0.29, 0.717) is 12.0 Å². The highest BCUT2D eigenvalue weighted by Gasteiger charge is 2.13. The summed E-state index contributed by atoms with van der Waals surface area (Å²) in [6.07, 6.45) is 0.449. The Bertz CT molecular complexity index is 430. The highest BCUT2D eigenvalue weighted by molar-refractivity contribution is 5.96. The van der Waals surface area contributed by atoms with Crippen molar-refractivity contribution in [3.63, 3.8) is 0 Å². The zero-order valence-corrected chi connectivity index (χ0v) is 10.3. The van der Waals surface area contributed by atoms with E-state index in [2.05, 4.69) is 10.2 Å². The Balaban J connectivity index is 1.88. The van der Waals surface area contributed by atoms with Crippen LogP contribution in [0.15, 0.2) is 18.2 Å². The summed E-state index contributed by atoms with van der Waals surface area (Å²) in [5, 5.41) is 3.26. The molecular weight excluding hydrogens is 233 g/mol. The van der Waals surface area contributed by atoms with E-state index in [1.54, 1.807) is 0 Å². The zero-order chi connectivity index (χ0) is 13.0. The number of halogens is 1. The molecule has 0 amide bonds. The summed E-state index contributed by atoms with van der Waals surface area (Å²) >= 11 is 0. The Morgan fingerprint density at radius 3 is 2.78 bits per heavy atom. The first-order valence-electron chi connectivity index (χ1n) is 6.18. The van der Waals surface area contributed by atoms with E-state index < -0.39 is 5.82 Å². The first-order valence-corrected chi connectivity index (χ1v) is 6.18. The Labute approximate surface area is 106 Å². The molecule has 2 rings (SSSR count). The normalized spacial score (nSPS) is 16.7. The quantitative estimate of drug-likeness (QED) is 0.616. The molecule has 18 heavy (non-hydrogen) atoms. The number of Topliss-reactive ketones (excluding diaryl/α,β-unsaturated/α-hetero) is 1. The third kappa shape index (κ3) is 3.27. The maximum atomic E-state index is 13.0. The van der Waals surface area contributed by atoms with Gasteiger partial charge in [0.15, 0.2) is 5.78 Å². The number of ketones is 1. The molecule has 0 aromatic heterocycles. The number of nitrogen functional groups attached to an aromatic ring is 1. The van der Waals surface area contributed by atoms with Crippen molar-refractivity contribution < 1.29 is 9.18 Å². The summed E-state index contributed by atoms with van der Waals surface area (Å²) in [7, 11) is 0. The molecule has 1 fully saturated rings. The second-order valence-corrected chi connectivity index (χ2v) is 4.50. The minimum Gasteiger partial charge on any atom is -0.396 e. The molecule has 0 spiro atoms. The molecule has 0 bridgehead atoms. The summed E-state index contributed by atoms with van der Waals surface area (Å²) in [4.78, 5) is 14.2. The minimum atomic E-state index is -0.478. The van der Waals surface area contributed by atoms with Crippen LogP contribution >= 0.6 is 0 Å². The third-order valence-electron chi connectivity index (χ3n) is 3.18. The van der Waals surface area contributed by atoms with Gasteiger partial charge in [-0.25, -0.2) is 4.39 Å². The standard InChI is InChI=1S/C13H18FN3O/c14-11-2-1-10(9-12(11)15)13(18)3-6-17-7-4-16-5-8-17/h1-2,9,16H,3-8,15H2. The summed E-state index contributed by atoms with van der Waals surface area (Å²) in [6, 6.07) is 4.15. The third-order valence-corrected chi connectivity index (χ3v) is 3.18. The number of hydrogen-bond acceptors (Lipinski definition) is 4. The Morgan fingerprint density at radius 2 is 2.11 bits per heavy atom. The summed E-state index contributed by atoms with van der Waals surface area (Å²) in [5.74, 6) is -0.464. The van der Waals surface area contributed by atoms with E-state index in [0.717, 1.165) is 32.7 Å². The SMILES string of the molecule is Nc1cc(C(=O)CCN2CCNCC2)ccc1F. The average Bonchev–Trinajstić information content (AvgIpc) is 2.40. The summed E-state index contributed by atoms with van der Waals surface area (Å²) < 4.78 is 13.0. The lowest BCUT2D eigenvalue weighted by Gasteiger charge is -2.26. The molecule has 0 radical (unpaired) electrons. The fraction of sp³-hybridized carbons (Fsp3) is 0.462. The van der Waals surface area contributed by atoms with Gasteiger partial charge >= 0.3 is 0 Å². The number of piperazine rings is 1. The van der Waals surface area contributed by atoms with Gasteiger partial charge < -0.3 is 16.0 Å². The van der Waals surface area contributed by atoms with E-state index in [1.807, 2.05) is 0 Å². The zero-order valence-electron chi connectivity index (χ0n) is 10.3. The van der Waals surface area contributed by atoms with Crippen LogP contribution in [-0.4, -0.2) is 43.4 Å². The van der Waals surface area contributed by atoms with Crippen molar-refractivity contribution in [1.82, 2.24) is 10.2 Å². The molecule has 98 valence electrons. The topological polar surface area (TPSA) is 58.4 Å². The summed E-state index contributed by atoms with van der Waals surface area (Å²) in [6.45, 7) is 4.63. The van der Waals surface area contributed by atoms with Crippen LogP contribution in [0.2, 0.25) is 0 Å². The van der Waals surface area contributed by atoms with Gasteiger partial charge in [0, 0.05) is 44.7 Å². The predicted octanol–water partition coefficient (Wildman–Crippen LogP) is 0.886. The molecule has 0 aliphatic carbocycles. The first kappa shape index (κ1) is 13.0. The molecule has 1 heterocycles. The molecule has 0 atom stereocenters. The van der Waals surface area contributed by atoms with E-state index in [4.69, 9.17) is 5.73 Å². The molecule has 1 aliphatic heterocycles.